The molecule has 2 rings (SSSR count). The van der Waals surface area contributed by atoms with E-state index in [0.717, 1.165) is 19.3 Å². The monoisotopic (exact) mass is 212 g/mol. The molecule has 1 aliphatic rings. The van der Waals surface area contributed by atoms with Gasteiger partial charge in [0.15, 0.2) is 0 Å². The van der Waals surface area contributed by atoms with Gasteiger partial charge in [-0.2, -0.15) is 0 Å². The SMILES string of the molecule is O=C1CCCCC1Sc1cccs1. The molecule has 1 fully saturated rings. The Balaban J connectivity index is 1.97. The van der Waals surface area contributed by atoms with Gasteiger partial charge in [-0.05, 0) is 24.3 Å². The lowest BCUT2D eigenvalue weighted by Crippen LogP contribution is -2.20. The number of carbonyl (C=O) groups excluding carboxylic acids is 1. The predicted octanol–water partition coefficient (Wildman–Crippen LogP) is 3.35. The van der Waals surface area contributed by atoms with Gasteiger partial charge in [-0.1, -0.05) is 12.5 Å². The van der Waals surface area contributed by atoms with Gasteiger partial charge in [0.2, 0.25) is 0 Å². The smallest absolute Gasteiger partial charge is 0.146 e. The van der Waals surface area contributed by atoms with E-state index >= 15 is 0 Å². The van der Waals surface area contributed by atoms with Crippen molar-refractivity contribution in [2.24, 2.45) is 0 Å². The molecule has 1 aliphatic carbocycles. The van der Waals surface area contributed by atoms with Crippen LogP contribution in [0.4, 0.5) is 0 Å². The lowest BCUT2D eigenvalue weighted by Gasteiger charge is -2.18. The molecule has 0 aromatic carbocycles. The lowest BCUT2D eigenvalue weighted by atomic mass is 9.99. The zero-order valence-corrected chi connectivity index (χ0v) is 9.00. The van der Waals surface area contributed by atoms with Crippen LogP contribution < -0.4 is 0 Å². The number of rotatable bonds is 2. The molecule has 13 heavy (non-hydrogen) atoms. The fraction of sp³-hybridized carbons (Fsp3) is 0.500. The lowest BCUT2D eigenvalue weighted by molar-refractivity contribution is -0.119. The number of thioether (sulfide) groups is 1. The molecule has 0 spiro atoms. The molecule has 0 saturated heterocycles. The van der Waals surface area contributed by atoms with Crippen molar-refractivity contribution < 1.29 is 4.79 Å². The van der Waals surface area contributed by atoms with Crippen molar-refractivity contribution in [1.82, 2.24) is 0 Å². The van der Waals surface area contributed by atoms with Gasteiger partial charge in [-0.25, -0.2) is 0 Å². The zero-order chi connectivity index (χ0) is 9.10. The molecule has 1 saturated carbocycles. The molecule has 1 aromatic rings. The Morgan fingerprint density at radius 1 is 1.46 bits per heavy atom. The average Bonchev–Trinajstić information content (AvgIpc) is 2.61. The third-order valence-electron chi connectivity index (χ3n) is 2.25. The van der Waals surface area contributed by atoms with E-state index in [2.05, 4.69) is 11.4 Å². The second-order valence-electron chi connectivity index (χ2n) is 3.25. The molecule has 3 heteroatoms. The topological polar surface area (TPSA) is 17.1 Å². The van der Waals surface area contributed by atoms with E-state index in [0.29, 0.717) is 5.78 Å². The highest BCUT2D eigenvalue weighted by atomic mass is 32.2. The summed E-state index contributed by atoms with van der Waals surface area (Å²) >= 11 is 3.48. The summed E-state index contributed by atoms with van der Waals surface area (Å²) < 4.78 is 1.28. The summed E-state index contributed by atoms with van der Waals surface area (Å²) in [6.07, 6.45) is 4.18. The standard InChI is InChI=1S/C10H12OS2/c11-8-4-1-2-5-9(8)13-10-6-3-7-12-10/h3,6-7,9H,1-2,4-5H2. The van der Waals surface area contributed by atoms with Crippen molar-refractivity contribution in [2.45, 2.75) is 35.1 Å². The van der Waals surface area contributed by atoms with Gasteiger partial charge in [-0.15, -0.1) is 23.1 Å². The first-order valence-corrected chi connectivity index (χ1v) is 6.35. The summed E-state index contributed by atoms with van der Waals surface area (Å²) in [5.74, 6) is 0.449. The van der Waals surface area contributed by atoms with E-state index in [1.54, 1.807) is 23.1 Å². The van der Waals surface area contributed by atoms with Gasteiger partial charge in [0.1, 0.15) is 5.78 Å². The van der Waals surface area contributed by atoms with Gasteiger partial charge in [-0.3, -0.25) is 4.79 Å². The Morgan fingerprint density at radius 3 is 3.08 bits per heavy atom. The molecule has 1 aromatic heterocycles. The van der Waals surface area contributed by atoms with Crippen LogP contribution in [0, 0.1) is 0 Å². The molecular weight excluding hydrogens is 200 g/mol. The molecule has 1 nitrogen and oxygen atoms in total. The molecule has 1 unspecified atom stereocenters. The third kappa shape index (κ3) is 2.35. The number of hydrogen-bond donors (Lipinski definition) is 0. The normalized spacial score (nSPS) is 23.4. The molecule has 0 aliphatic heterocycles. The summed E-state index contributed by atoms with van der Waals surface area (Å²) in [5, 5.41) is 2.31. The van der Waals surface area contributed by atoms with Crippen LogP contribution in [0.2, 0.25) is 0 Å². The molecular formula is C10H12OS2. The second-order valence-corrected chi connectivity index (χ2v) is 5.70. The Kier molecular flexibility index (Phi) is 3.06. The van der Waals surface area contributed by atoms with E-state index in [4.69, 9.17) is 0 Å². The highest BCUT2D eigenvalue weighted by Gasteiger charge is 2.23. The van der Waals surface area contributed by atoms with Crippen LogP contribution in [0.25, 0.3) is 0 Å². The second kappa shape index (κ2) is 4.29. The highest BCUT2D eigenvalue weighted by molar-refractivity contribution is 8.02. The third-order valence-corrected chi connectivity index (χ3v) is 4.64. The van der Waals surface area contributed by atoms with Crippen LogP contribution in [0.3, 0.4) is 0 Å². The Hall–Kier alpha value is -0.280. The average molecular weight is 212 g/mol. The van der Waals surface area contributed by atoms with Crippen molar-refractivity contribution in [3.05, 3.63) is 17.5 Å². The van der Waals surface area contributed by atoms with E-state index in [1.165, 1.54) is 10.6 Å². The van der Waals surface area contributed by atoms with E-state index in [9.17, 15) is 4.79 Å². The number of Topliss-reactive ketones (excluding diaryl/α,β-unsaturated/α-hetero) is 1. The fourth-order valence-electron chi connectivity index (χ4n) is 1.55. The minimum atomic E-state index is 0.243. The Bertz CT molecular complexity index is 279. The number of ketones is 1. The first-order chi connectivity index (χ1) is 6.36. The van der Waals surface area contributed by atoms with Crippen molar-refractivity contribution in [3.63, 3.8) is 0 Å². The van der Waals surface area contributed by atoms with Crippen LogP contribution in [0.5, 0.6) is 0 Å². The quantitative estimate of drug-likeness (QED) is 0.748. The highest BCUT2D eigenvalue weighted by Crippen LogP contribution is 2.33. The number of thiophene rings is 1. The van der Waals surface area contributed by atoms with Gasteiger partial charge in [0.25, 0.3) is 0 Å². The maximum atomic E-state index is 11.5. The van der Waals surface area contributed by atoms with Gasteiger partial charge >= 0.3 is 0 Å². The van der Waals surface area contributed by atoms with Crippen LogP contribution in [-0.4, -0.2) is 11.0 Å². The molecule has 70 valence electrons. The van der Waals surface area contributed by atoms with Crippen molar-refractivity contribution in [3.8, 4) is 0 Å². The largest absolute Gasteiger partial charge is 0.298 e. The van der Waals surface area contributed by atoms with E-state index < -0.39 is 0 Å². The molecule has 1 atom stereocenters. The molecule has 0 radical (unpaired) electrons. The first kappa shape index (κ1) is 9.28. The Labute approximate surface area is 86.5 Å². The van der Waals surface area contributed by atoms with E-state index in [1.807, 2.05) is 6.07 Å². The predicted molar refractivity (Wildman–Crippen MR) is 57.4 cm³/mol. The van der Waals surface area contributed by atoms with Crippen LogP contribution in [0.15, 0.2) is 21.7 Å². The maximum absolute atomic E-state index is 11.5. The van der Waals surface area contributed by atoms with Crippen molar-refractivity contribution in [2.75, 3.05) is 0 Å². The van der Waals surface area contributed by atoms with Crippen LogP contribution >= 0.6 is 23.1 Å². The minimum absolute atomic E-state index is 0.243. The van der Waals surface area contributed by atoms with Crippen LogP contribution in [0.1, 0.15) is 25.7 Å². The molecule has 0 bridgehead atoms. The summed E-state index contributed by atoms with van der Waals surface area (Å²) in [5.41, 5.74) is 0. The number of hydrogen-bond acceptors (Lipinski definition) is 3. The summed E-state index contributed by atoms with van der Waals surface area (Å²) in [6.45, 7) is 0. The van der Waals surface area contributed by atoms with Crippen LogP contribution in [-0.2, 0) is 4.79 Å². The van der Waals surface area contributed by atoms with Crippen molar-refractivity contribution in [1.29, 1.82) is 0 Å². The molecule has 1 heterocycles. The minimum Gasteiger partial charge on any atom is -0.298 e. The Morgan fingerprint density at radius 2 is 2.38 bits per heavy atom. The van der Waals surface area contributed by atoms with Crippen molar-refractivity contribution >= 4 is 28.9 Å². The first-order valence-electron chi connectivity index (χ1n) is 4.59. The number of carbonyl (C=O) groups is 1. The van der Waals surface area contributed by atoms with Gasteiger partial charge in [0.05, 0.1) is 9.46 Å². The van der Waals surface area contributed by atoms with Gasteiger partial charge < -0.3 is 0 Å². The van der Waals surface area contributed by atoms with Gasteiger partial charge in [0, 0.05) is 6.42 Å². The maximum Gasteiger partial charge on any atom is 0.146 e. The fourth-order valence-corrected chi connectivity index (χ4v) is 3.70. The molecule has 0 N–H and O–H groups in total. The summed E-state index contributed by atoms with van der Waals surface area (Å²) in [4.78, 5) is 11.5. The molecule has 0 amide bonds. The van der Waals surface area contributed by atoms with E-state index in [-0.39, 0.29) is 5.25 Å². The summed E-state index contributed by atoms with van der Waals surface area (Å²) in [6, 6.07) is 4.14. The summed E-state index contributed by atoms with van der Waals surface area (Å²) in [7, 11) is 0. The zero-order valence-electron chi connectivity index (χ0n) is 7.36.